The maximum absolute atomic E-state index is 11.5. The van der Waals surface area contributed by atoms with Crippen molar-refractivity contribution in [1.29, 1.82) is 0 Å². The molecule has 0 saturated carbocycles. The van der Waals surface area contributed by atoms with Gasteiger partial charge in [-0.15, -0.1) is 10.2 Å². The first-order chi connectivity index (χ1) is 10.5. The summed E-state index contributed by atoms with van der Waals surface area (Å²) in [7, 11) is -0.830. The molecular formula is C14H24N4O2S2. The molecule has 0 spiro atoms. The van der Waals surface area contributed by atoms with Gasteiger partial charge in [0, 0.05) is 25.8 Å². The summed E-state index contributed by atoms with van der Waals surface area (Å²) in [6.45, 7) is 3.55. The molecule has 2 aliphatic rings. The van der Waals surface area contributed by atoms with E-state index in [2.05, 4.69) is 15.1 Å². The van der Waals surface area contributed by atoms with Crippen molar-refractivity contribution >= 4 is 21.6 Å². The van der Waals surface area contributed by atoms with Crippen LogP contribution < -0.4 is 0 Å². The zero-order valence-corrected chi connectivity index (χ0v) is 14.7. The Balaban J connectivity index is 1.50. The Hall–Kier alpha value is -0.600. The summed E-state index contributed by atoms with van der Waals surface area (Å²) in [4.78, 5) is 2.49. The average Bonchev–Trinajstić information content (AvgIpc) is 3.16. The number of hydrogen-bond acceptors (Lipinski definition) is 6. The number of thioether (sulfide) groups is 1. The second kappa shape index (κ2) is 6.88. The highest BCUT2D eigenvalue weighted by Gasteiger charge is 2.29. The Bertz CT molecular complexity index is 608. The fraction of sp³-hybridized carbons (Fsp3) is 0.857. The summed E-state index contributed by atoms with van der Waals surface area (Å²) in [6, 6.07) is 0. The fourth-order valence-corrected chi connectivity index (χ4v) is 6.00. The Morgan fingerprint density at radius 3 is 2.73 bits per heavy atom. The topological polar surface area (TPSA) is 68.1 Å². The Morgan fingerprint density at radius 1 is 1.27 bits per heavy atom. The van der Waals surface area contributed by atoms with Crippen LogP contribution in [0.5, 0.6) is 0 Å². The van der Waals surface area contributed by atoms with E-state index in [1.807, 2.05) is 11.6 Å². The first-order valence-electron chi connectivity index (χ1n) is 7.97. The van der Waals surface area contributed by atoms with Crippen LogP contribution in [0.4, 0.5) is 0 Å². The van der Waals surface area contributed by atoms with Crippen LogP contribution in [0.25, 0.3) is 0 Å². The van der Waals surface area contributed by atoms with Gasteiger partial charge in [-0.1, -0.05) is 11.8 Å². The van der Waals surface area contributed by atoms with E-state index in [0.29, 0.717) is 11.5 Å². The van der Waals surface area contributed by atoms with Gasteiger partial charge >= 0.3 is 0 Å². The zero-order valence-electron chi connectivity index (χ0n) is 13.1. The van der Waals surface area contributed by atoms with Gasteiger partial charge in [0.2, 0.25) is 0 Å². The second-order valence-corrected chi connectivity index (χ2v) is 9.62. The van der Waals surface area contributed by atoms with E-state index < -0.39 is 9.84 Å². The van der Waals surface area contributed by atoms with Gasteiger partial charge < -0.3 is 9.47 Å². The van der Waals surface area contributed by atoms with Crippen molar-refractivity contribution in [1.82, 2.24) is 19.7 Å². The van der Waals surface area contributed by atoms with E-state index in [1.54, 1.807) is 11.8 Å². The van der Waals surface area contributed by atoms with Crippen LogP contribution in [0.1, 0.15) is 25.1 Å². The molecule has 2 aliphatic heterocycles. The summed E-state index contributed by atoms with van der Waals surface area (Å²) in [5.74, 6) is 2.77. The summed E-state index contributed by atoms with van der Waals surface area (Å²) in [6.07, 6.45) is 4.12. The molecule has 6 nitrogen and oxygen atoms in total. The summed E-state index contributed by atoms with van der Waals surface area (Å²) in [5, 5.41) is 9.47. The lowest BCUT2D eigenvalue weighted by Gasteiger charge is -2.13. The molecule has 0 bridgehead atoms. The minimum absolute atomic E-state index is 0.204. The molecule has 0 unspecified atom stereocenters. The summed E-state index contributed by atoms with van der Waals surface area (Å²) < 4.78 is 25.1. The van der Waals surface area contributed by atoms with E-state index in [1.165, 1.54) is 25.9 Å². The third kappa shape index (κ3) is 4.02. The molecule has 0 aliphatic carbocycles. The predicted molar refractivity (Wildman–Crippen MR) is 87.9 cm³/mol. The van der Waals surface area contributed by atoms with Gasteiger partial charge in [-0.25, -0.2) is 8.42 Å². The van der Waals surface area contributed by atoms with Crippen LogP contribution in [-0.2, 0) is 23.3 Å². The highest BCUT2D eigenvalue weighted by atomic mass is 32.2. The average molecular weight is 345 g/mol. The van der Waals surface area contributed by atoms with E-state index >= 15 is 0 Å². The minimum Gasteiger partial charge on any atom is -0.309 e. The normalized spacial score (nSPS) is 25.0. The minimum atomic E-state index is -2.81. The van der Waals surface area contributed by atoms with Crippen molar-refractivity contribution in [2.75, 3.05) is 36.9 Å². The Kier molecular flexibility index (Phi) is 5.09. The zero-order chi connectivity index (χ0) is 15.6. The van der Waals surface area contributed by atoms with Crippen molar-refractivity contribution in [3.05, 3.63) is 5.82 Å². The number of rotatable bonds is 6. The molecule has 2 fully saturated rings. The summed E-state index contributed by atoms with van der Waals surface area (Å²) in [5.41, 5.74) is 0. The largest absolute Gasteiger partial charge is 0.309 e. The van der Waals surface area contributed by atoms with Crippen molar-refractivity contribution in [3.63, 3.8) is 0 Å². The van der Waals surface area contributed by atoms with Gasteiger partial charge in [0.05, 0.1) is 11.5 Å². The molecule has 0 N–H and O–H groups in total. The van der Waals surface area contributed by atoms with Gasteiger partial charge in [-0.3, -0.25) is 0 Å². The lowest BCUT2D eigenvalue weighted by molar-refractivity contribution is 0.362. The number of nitrogens with zero attached hydrogens (tertiary/aromatic N) is 4. The van der Waals surface area contributed by atoms with Crippen LogP contribution in [0.3, 0.4) is 0 Å². The number of hydrogen-bond donors (Lipinski definition) is 0. The second-order valence-electron chi connectivity index (χ2n) is 6.33. The molecule has 0 aromatic carbocycles. The molecule has 3 heterocycles. The quantitative estimate of drug-likeness (QED) is 0.717. The monoisotopic (exact) mass is 344 g/mol. The maximum atomic E-state index is 11.5. The lowest BCUT2D eigenvalue weighted by Crippen LogP contribution is -2.22. The number of sulfone groups is 1. The Labute approximate surface area is 136 Å². The molecule has 0 radical (unpaired) electrons. The van der Waals surface area contributed by atoms with Gasteiger partial charge in [0.1, 0.15) is 5.82 Å². The molecule has 22 heavy (non-hydrogen) atoms. The van der Waals surface area contributed by atoms with Crippen LogP contribution in [0.15, 0.2) is 5.16 Å². The molecule has 124 valence electrons. The summed E-state index contributed by atoms with van der Waals surface area (Å²) >= 11 is 1.74. The maximum Gasteiger partial charge on any atom is 0.190 e. The molecule has 0 amide bonds. The molecule has 3 rings (SSSR count). The van der Waals surface area contributed by atoms with E-state index in [-0.39, 0.29) is 5.92 Å². The third-order valence-electron chi connectivity index (χ3n) is 4.56. The first kappa shape index (κ1) is 16.3. The standard InChI is InChI=1S/C14H24N4O2S2/c1-17-13(10-12-4-9-22(19,20)11-12)15-16-14(17)21-8-7-18-5-2-3-6-18/h12H,2-11H2,1H3/t12-/m1/s1. The van der Waals surface area contributed by atoms with Gasteiger partial charge in [-0.05, 0) is 38.3 Å². The van der Waals surface area contributed by atoms with Crippen molar-refractivity contribution in [2.45, 2.75) is 30.8 Å². The Morgan fingerprint density at radius 2 is 2.05 bits per heavy atom. The fourth-order valence-electron chi connectivity index (χ4n) is 3.21. The first-order valence-corrected chi connectivity index (χ1v) is 10.8. The molecule has 2 saturated heterocycles. The van der Waals surface area contributed by atoms with Crippen molar-refractivity contribution < 1.29 is 8.42 Å². The number of likely N-dealkylation sites (tertiary alicyclic amines) is 1. The molecule has 1 aromatic heterocycles. The number of aromatic nitrogens is 3. The highest BCUT2D eigenvalue weighted by Crippen LogP contribution is 2.23. The lowest BCUT2D eigenvalue weighted by atomic mass is 10.1. The van der Waals surface area contributed by atoms with Gasteiger partial charge in [-0.2, -0.15) is 0 Å². The van der Waals surface area contributed by atoms with Crippen LogP contribution in [0, 0.1) is 5.92 Å². The molecule has 8 heteroatoms. The molecule has 1 atom stereocenters. The van der Waals surface area contributed by atoms with Crippen LogP contribution in [0.2, 0.25) is 0 Å². The molecular weight excluding hydrogens is 320 g/mol. The van der Waals surface area contributed by atoms with Crippen molar-refractivity contribution in [2.24, 2.45) is 13.0 Å². The third-order valence-corrected chi connectivity index (χ3v) is 7.40. The molecule has 1 aromatic rings. The predicted octanol–water partition coefficient (Wildman–Crippen LogP) is 0.980. The smallest absolute Gasteiger partial charge is 0.190 e. The van der Waals surface area contributed by atoms with E-state index in [9.17, 15) is 8.42 Å². The van der Waals surface area contributed by atoms with Crippen LogP contribution in [-0.4, -0.2) is 65.0 Å². The van der Waals surface area contributed by atoms with Crippen LogP contribution >= 0.6 is 11.8 Å². The van der Waals surface area contributed by atoms with Crippen molar-refractivity contribution in [3.8, 4) is 0 Å². The van der Waals surface area contributed by atoms with Gasteiger partial charge in [0.25, 0.3) is 0 Å². The highest BCUT2D eigenvalue weighted by molar-refractivity contribution is 7.99. The van der Waals surface area contributed by atoms with Gasteiger partial charge in [0.15, 0.2) is 15.0 Å². The SMILES string of the molecule is Cn1c(C[C@H]2CCS(=O)(=O)C2)nnc1SCCN1CCCC1. The van der Waals surface area contributed by atoms with E-state index in [0.717, 1.165) is 36.1 Å². The van der Waals surface area contributed by atoms with E-state index in [4.69, 9.17) is 0 Å².